The maximum absolute atomic E-state index is 11.6. The van der Waals surface area contributed by atoms with Crippen molar-refractivity contribution in [3.63, 3.8) is 0 Å². The molecule has 1 aliphatic heterocycles. The molecule has 20 heavy (non-hydrogen) atoms. The third-order valence-corrected chi connectivity index (χ3v) is 3.61. The Morgan fingerprint density at radius 2 is 2.05 bits per heavy atom. The number of rotatable bonds is 4. The van der Waals surface area contributed by atoms with Crippen LogP contribution in [0, 0.1) is 0 Å². The van der Waals surface area contributed by atoms with Gasteiger partial charge in [-0.15, -0.1) is 0 Å². The number of amides is 1. The van der Waals surface area contributed by atoms with E-state index in [0.717, 1.165) is 25.1 Å². The number of hydrogen-bond acceptors (Lipinski definition) is 4. The second-order valence-corrected chi connectivity index (χ2v) is 5.13. The number of halogens is 1. The first-order valence-electron chi connectivity index (χ1n) is 6.58. The van der Waals surface area contributed by atoms with Crippen molar-refractivity contribution in [2.45, 2.75) is 25.3 Å². The standard InChI is InChI=1S/C14H19ClN2O3/c1-19-12-8-11(13(20-2)7-10(12)15)17-9-4-3-5-16-14(18)6-9/h7-9,17H,3-6H2,1-2H3,(H,16,18). The highest BCUT2D eigenvalue weighted by molar-refractivity contribution is 6.32. The van der Waals surface area contributed by atoms with Gasteiger partial charge in [0.25, 0.3) is 0 Å². The van der Waals surface area contributed by atoms with Crippen molar-refractivity contribution in [2.24, 2.45) is 0 Å². The lowest BCUT2D eigenvalue weighted by Crippen LogP contribution is -2.27. The molecule has 0 radical (unpaired) electrons. The number of carbonyl (C=O) groups is 1. The molecule has 1 aliphatic rings. The summed E-state index contributed by atoms with van der Waals surface area (Å²) in [4.78, 5) is 11.6. The summed E-state index contributed by atoms with van der Waals surface area (Å²) in [5, 5.41) is 6.71. The largest absolute Gasteiger partial charge is 0.495 e. The van der Waals surface area contributed by atoms with E-state index in [-0.39, 0.29) is 11.9 Å². The molecular formula is C14H19ClN2O3. The van der Waals surface area contributed by atoms with Crippen molar-refractivity contribution in [1.29, 1.82) is 0 Å². The van der Waals surface area contributed by atoms with Crippen molar-refractivity contribution >= 4 is 23.2 Å². The van der Waals surface area contributed by atoms with Crippen molar-refractivity contribution in [3.8, 4) is 11.5 Å². The normalized spacial score (nSPS) is 18.9. The Morgan fingerprint density at radius 1 is 1.30 bits per heavy atom. The Kier molecular flexibility index (Phi) is 4.95. The third kappa shape index (κ3) is 3.48. The van der Waals surface area contributed by atoms with E-state index in [1.54, 1.807) is 26.4 Å². The van der Waals surface area contributed by atoms with E-state index >= 15 is 0 Å². The molecule has 1 amide bonds. The van der Waals surface area contributed by atoms with Gasteiger partial charge in [-0.3, -0.25) is 4.79 Å². The Balaban J connectivity index is 2.20. The van der Waals surface area contributed by atoms with Crippen LogP contribution in [0.2, 0.25) is 5.02 Å². The zero-order chi connectivity index (χ0) is 14.5. The molecular weight excluding hydrogens is 280 g/mol. The molecule has 2 rings (SSSR count). The molecule has 2 N–H and O–H groups in total. The molecule has 0 bridgehead atoms. The van der Waals surface area contributed by atoms with Crippen molar-refractivity contribution in [3.05, 3.63) is 17.2 Å². The van der Waals surface area contributed by atoms with E-state index in [1.165, 1.54) is 0 Å². The van der Waals surface area contributed by atoms with Gasteiger partial charge in [0.15, 0.2) is 0 Å². The van der Waals surface area contributed by atoms with E-state index < -0.39 is 0 Å². The lowest BCUT2D eigenvalue weighted by Gasteiger charge is -2.20. The minimum Gasteiger partial charge on any atom is -0.495 e. The third-order valence-electron chi connectivity index (χ3n) is 3.32. The second-order valence-electron chi connectivity index (χ2n) is 4.72. The van der Waals surface area contributed by atoms with Crippen LogP contribution in [0.3, 0.4) is 0 Å². The van der Waals surface area contributed by atoms with Gasteiger partial charge >= 0.3 is 0 Å². The molecule has 1 atom stereocenters. The number of ether oxygens (including phenoxy) is 2. The van der Waals surface area contributed by atoms with E-state index in [0.29, 0.717) is 22.9 Å². The van der Waals surface area contributed by atoms with Crippen LogP contribution in [0.1, 0.15) is 19.3 Å². The molecule has 1 aromatic rings. The topological polar surface area (TPSA) is 59.6 Å². The van der Waals surface area contributed by atoms with Crippen LogP contribution in [0.15, 0.2) is 12.1 Å². The highest BCUT2D eigenvalue weighted by atomic mass is 35.5. The maximum Gasteiger partial charge on any atom is 0.222 e. The van der Waals surface area contributed by atoms with Crippen LogP contribution < -0.4 is 20.1 Å². The minimum atomic E-state index is 0.0693. The van der Waals surface area contributed by atoms with Gasteiger partial charge in [-0.2, -0.15) is 0 Å². The number of methoxy groups -OCH3 is 2. The quantitative estimate of drug-likeness (QED) is 0.896. The average molecular weight is 299 g/mol. The van der Waals surface area contributed by atoms with Crippen LogP contribution >= 0.6 is 11.6 Å². The highest BCUT2D eigenvalue weighted by Crippen LogP contribution is 2.36. The van der Waals surface area contributed by atoms with E-state index in [9.17, 15) is 4.79 Å². The van der Waals surface area contributed by atoms with Gasteiger partial charge in [0.1, 0.15) is 11.5 Å². The van der Waals surface area contributed by atoms with E-state index in [4.69, 9.17) is 21.1 Å². The molecule has 110 valence electrons. The average Bonchev–Trinajstić information content (AvgIpc) is 2.64. The molecule has 0 saturated carbocycles. The molecule has 1 unspecified atom stereocenters. The number of carbonyl (C=O) groups excluding carboxylic acids is 1. The number of hydrogen-bond donors (Lipinski definition) is 2. The zero-order valence-electron chi connectivity index (χ0n) is 11.7. The van der Waals surface area contributed by atoms with Gasteiger partial charge in [-0.05, 0) is 12.8 Å². The first kappa shape index (κ1) is 14.8. The summed E-state index contributed by atoms with van der Waals surface area (Å²) in [5.41, 5.74) is 0.786. The summed E-state index contributed by atoms with van der Waals surface area (Å²) in [5.74, 6) is 1.29. The summed E-state index contributed by atoms with van der Waals surface area (Å²) in [6, 6.07) is 3.58. The summed E-state index contributed by atoms with van der Waals surface area (Å²) < 4.78 is 10.5. The molecule has 0 aliphatic carbocycles. The van der Waals surface area contributed by atoms with Crippen LogP contribution in [-0.4, -0.2) is 32.7 Å². The molecule has 0 aromatic heterocycles. The van der Waals surface area contributed by atoms with Crippen LogP contribution in [0.25, 0.3) is 0 Å². The summed E-state index contributed by atoms with van der Waals surface area (Å²) in [6.07, 6.45) is 2.33. The van der Waals surface area contributed by atoms with Gasteiger partial charge in [0, 0.05) is 31.1 Å². The lowest BCUT2D eigenvalue weighted by atomic mass is 10.1. The van der Waals surface area contributed by atoms with Gasteiger partial charge in [-0.1, -0.05) is 11.6 Å². The zero-order valence-corrected chi connectivity index (χ0v) is 12.4. The van der Waals surface area contributed by atoms with Gasteiger partial charge < -0.3 is 20.1 Å². The monoisotopic (exact) mass is 298 g/mol. The van der Waals surface area contributed by atoms with E-state index in [2.05, 4.69) is 10.6 Å². The first-order valence-corrected chi connectivity index (χ1v) is 6.96. The predicted molar refractivity (Wildman–Crippen MR) is 78.8 cm³/mol. The fraction of sp³-hybridized carbons (Fsp3) is 0.500. The van der Waals surface area contributed by atoms with Crippen molar-refractivity contribution in [1.82, 2.24) is 5.32 Å². The van der Waals surface area contributed by atoms with Crippen LogP contribution in [0.5, 0.6) is 11.5 Å². The number of benzene rings is 1. The van der Waals surface area contributed by atoms with Gasteiger partial charge in [-0.25, -0.2) is 0 Å². The molecule has 1 fully saturated rings. The fourth-order valence-electron chi connectivity index (χ4n) is 2.29. The Labute approximate surface area is 123 Å². The smallest absolute Gasteiger partial charge is 0.222 e. The summed E-state index contributed by atoms with van der Waals surface area (Å²) in [7, 11) is 3.15. The summed E-state index contributed by atoms with van der Waals surface area (Å²) >= 11 is 6.08. The maximum atomic E-state index is 11.6. The van der Waals surface area contributed by atoms with Gasteiger partial charge in [0.2, 0.25) is 5.91 Å². The predicted octanol–water partition coefficient (Wildman–Crippen LogP) is 2.44. The Hall–Kier alpha value is -1.62. The van der Waals surface area contributed by atoms with Crippen molar-refractivity contribution < 1.29 is 14.3 Å². The lowest BCUT2D eigenvalue weighted by molar-refractivity contribution is -0.120. The van der Waals surface area contributed by atoms with E-state index in [1.807, 2.05) is 0 Å². The Bertz CT molecular complexity index is 494. The first-order chi connectivity index (χ1) is 9.63. The molecule has 1 heterocycles. The number of nitrogens with one attached hydrogen (secondary N) is 2. The van der Waals surface area contributed by atoms with Crippen molar-refractivity contribution in [2.75, 3.05) is 26.1 Å². The highest BCUT2D eigenvalue weighted by Gasteiger charge is 2.19. The van der Waals surface area contributed by atoms with Gasteiger partial charge in [0.05, 0.1) is 24.9 Å². The van der Waals surface area contributed by atoms with Crippen LogP contribution in [0.4, 0.5) is 5.69 Å². The molecule has 6 heteroatoms. The fourth-order valence-corrected chi connectivity index (χ4v) is 2.52. The second kappa shape index (κ2) is 6.70. The molecule has 0 spiro atoms. The van der Waals surface area contributed by atoms with Crippen LogP contribution in [-0.2, 0) is 4.79 Å². The molecule has 1 aromatic carbocycles. The SMILES string of the molecule is COc1cc(NC2CCCNC(=O)C2)c(OC)cc1Cl. The summed E-state index contributed by atoms with van der Waals surface area (Å²) in [6.45, 7) is 0.734. The minimum absolute atomic E-state index is 0.0693. The number of anilines is 1. The molecule has 5 nitrogen and oxygen atoms in total. The Morgan fingerprint density at radius 3 is 2.75 bits per heavy atom. The molecule has 1 saturated heterocycles.